The van der Waals surface area contributed by atoms with E-state index < -0.39 is 0 Å². The summed E-state index contributed by atoms with van der Waals surface area (Å²) >= 11 is 10.4. The van der Waals surface area contributed by atoms with Gasteiger partial charge in [0.15, 0.2) is 0 Å². The number of rotatable bonds is 5. The van der Waals surface area contributed by atoms with Crippen LogP contribution in [0.4, 0.5) is 11.7 Å². The van der Waals surface area contributed by atoms with Gasteiger partial charge in [0.2, 0.25) is 5.89 Å². The van der Waals surface area contributed by atoms with Gasteiger partial charge >= 0.3 is 6.01 Å². The first-order chi connectivity index (χ1) is 9.51. The van der Waals surface area contributed by atoms with Crippen molar-refractivity contribution in [3.8, 4) is 0 Å². The van der Waals surface area contributed by atoms with Crippen LogP contribution in [0.25, 0.3) is 0 Å². The lowest BCUT2D eigenvalue weighted by Gasteiger charge is -2.08. The predicted octanol–water partition coefficient (Wildman–Crippen LogP) is 4.77. The van der Waals surface area contributed by atoms with Crippen LogP contribution in [-0.2, 0) is 0 Å². The summed E-state index contributed by atoms with van der Waals surface area (Å²) in [6.45, 7) is 4.85. The highest BCUT2D eigenvalue weighted by Gasteiger charge is 2.15. The Morgan fingerprint density at radius 3 is 2.45 bits per heavy atom. The molecule has 2 rings (SSSR count). The van der Waals surface area contributed by atoms with E-state index in [2.05, 4.69) is 68.6 Å². The van der Waals surface area contributed by atoms with Crippen LogP contribution >= 0.6 is 47.8 Å². The number of nitrogens with zero attached hydrogens (tertiary/aromatic N) is 2. The molecule has 1 heterocycles. The molecule has 0 aliphatic heterocycles. The van der Waals surface area contributed by atoms with Crippen molar-refractivity contribution in [3.63, 3.8) is 0 Å². The molecule has 0 saturated carbocycles. The molecule has 2 N–H and O–H groups in total. The van der Waals surface area contributed by atoms with Gasteiger partial charge in [-0.3, -0.25) is 0 Å². The van der Waals surface area contributed by atoms with E-state index in [4.69, 9.17) is 4.42 Å². The summed E-state index contributed by atoms with van der Waals surface area (Å²) in [6.07, 6.45) is 0. The summed E-state index contributed by atoms with van der Waals surface area (Å²) in [5.74, 6) is 0.554. The summed E-state index contributed by atoms with van der Waals surface area (Å²) in [6, 6.07) is 4.26. The number of hydrogen-bond donors (Lipinski definition) is 2. The normalized spacial score (nSPS) is 12.4. The van der Waals surface area contributed by atoms with Crippen LogP contribution in [0.1, 0.15) is 25.8 Å². The van der Waals surface area contributed by atoms with E-state index in [0.717, 1.165) is 25.7 Å². The Kier molecular flexibility index (Phi) is 5.59. The first-order valence-corrected chi connectivity index (χ1v) is 8.37. The fourth-order valence-electron chi connectivity index (χ4n) is 1.62. The van der Waals surface area contributed by atoms with E-state index in [1.807, 2.05) is 26.0 Å². The summed E-state index contributed by atoms with van der Waals surface area (Å²) in [5, 5.41) is 14.3. The predicted molar refractivity (Wildman–Crippen MR) is 89.2 cm³/mol. The van der Waals surface area contributed by atoms with Gasteiger partial charge < -0.3 is 15.1 Å². The van der Waals surface area contributed by atoms with Gasteiger partial charge in [0.25, 0.3) is 0 Å². The number of anilines is 2. The zero-order valence-corrected chi connectivity index (χ0v) is 15.6. The molecule has 5 nitrogen and oxygen atoms in total. The average molecular weight is 469 g/mol. The smallest absolute Gasteiger partial charge is 0.320 e. The van der Waals surface area contributed by atoms with E-state index in [1.54, 1.807) is 0 Å². The van der Waals surface area contributed by atoms with E-state index in [-0.39, 0.29) is 6.04 Å². The molecule has 0 radical (unpaired) electrons. The van der Waals surface area contributed by atoms with Crippen molar-refractivity contribution in [1.82, 2.24) is 15.5 Å². The molecular weight excluding hydrogens is 456 g/mol. The summed E-state index contributed by atoms with van der Waals surface area (Å²) in [5.41, 5.74) is 0.833. The largest absolute Gasteiger partial charge is 0.406 e. The average Bonchev–Trinajstić information content (AvgIpc) is 2.82. The third kappa shape index (κ3) is 3.81. The van der Waals surface area contributed by atoms with Crippen LogP contribution < -0.4 is 10.6 Å². The molecule has 0 fully saturated rings. The number of halogens is 3. The molecule has 108 valence electrons. The van der Waals surface area contributed by atoms with Crippen molar-refractivity contribution < 1.29 is 4.42 Å². The van der Waals surface area contributed by atoms with Gasteiger partial charge in [-0.05, 0) is 57.5 Å². The quantitative estimate of drug-likeness (QED) is 0.661. The van der Waals surface area contributed by atoms with Crippen LogP contribution in [0.2, 0.25) is 0 Å². The maximum atomic E-state index is 5.59. The molecule has 1 unspecified atom stereocenters. The molecule has 20 heavy (non-hydrogen) atoms. The second-order valence-corrected chi connectivity index (χ2v) is 6.72. The summed E-state index contributed by atoms with van der Waals surface area (Å²) in [7, 11) is 0. The van der Waals surface area contributed by atoms with Crippen molar-refractivity contribution in [2.45, 2.75) is 19.9 Å². The molecular formula is C12H13Br3N4O. The van der Waals surface area contributed by atoms with Gasteiger partial charge in [-0.1, -0.05) is 28.0 Å². The molecule has 0 spiro atoms. The highest BCUT2D eigenvalue weighted by atomic mass is 79.9. The Bertz CT molecular complexity index is 579. The molecule has 1 aromatic heterocycles. The first-order valence-electron chi connectivity index (χ1n) is 5.99. The van der Waals surface area contributed by atoms with Gasteiger partial charge in [0.05, 0.1) is 11.7 Å². The highest BCUT2D eigenvalue weighted by Crippen LogP contribution is 2.36. The van der Waals surface area contributed by atoms with E-state index in [0.29, 0.717) is 11.9 Å². The summed E-state index contributed by atoms with van der Waals surface area (Å²) in [4.78, 5) is 0. The van der Waals surface area contributed by atoms with Gasteiger partial charge in [-0.2, -0.15) is 0 Å². The molecule has 0 aliphatic carbocycles. The van der Waals surface area contributed by atoms with E-state index in [1.165, 1.54) is 0 Å². The highest BCUT2D eigenvalue weighted by molar-refractivity contribution is 9.11. The molecule has 0 aliphatic rings. The number of nitrogens with one attached hydrogen (secondary N) is 2. The van der Waals surface area contributed by atoms with Crippen molar-refractivity contribution in [1.29, 1.82) is 0 Å². The third-order valence-corrected chi connectivity index (χ3v) is 4.27. The van der Waals surface area contributed by atoms with E-state index in [9.17, 15) is 0 Å². The lowest BCUT2D eigenvalue weighted by atomic mass is 10.3. The lowest BCUT2D eigenvalue weighted by molar-refractivity contribution is 0.430. The van der Waals surface area contributed by atoms with Gasteiger partial charge in [-0.15, -0.1) is 5.10 Å². The second kappa shape index (κ2) is 7.02. The fourth-order valence-corrected chi connectivity index (χ4v) is 4.08. The Morgan fingerprint density at radius 1 is 1.20 bits per heavy atom. The van der Waals surface area contributed by atoms with Crippen molar-refractivity contribution in [2.75, 3.05) is 11.9 Å². The van der Waals surface area contributed by atoms with Crippen LogP contribution in [0.3, 0.4) is 0 Å². The zero-order valence-electron chi connectivity index (χ0n) is 10.9. The minimum absolute atomic E-state index is 0.0276. The van der Waals surface area contributed by atoms with E-state index >= 15 is 0 Å². The lowest BCUT2D eigenvalue weighted by Crippen LogP contribution is -2.17. The third-order valence-electron chi connectivity index (χ3n) is 2.56. The number of hydrogen-bond acceptors (Lipinski definition) is 5. The van der Waals surface area contributed by atoms with Crippen LogP contribution in [0.5, 0.6) is 0 Å². The van der Waals surface area contributed by atoms with Crippen molar-refractivity contribution in [3.05, 3.63) is 31.4 Å². The van der Waals surface area contributed by atoms with Crippen LogP contribution in [-0.4, -0.2) is 16.7 Å². The fraction of sp³-hybridized carbons (Fsp3) is 0.333. The minimum atomic E-state index is 0.0276. The first kappa shape index (κ1) is 15.9. The molecule has 0 bridgehead atoms. The van der Waals surface area contributed by atoms with Crippen LogP contribution in [0.15, 0.2) is 30.0 Å². The van der Waals surface area contributed by atoms with Crippen molar-refractivity contribution >= 4 is 59.5 Å². The Balaban J connectivity index is 2.19. The van der Waals surface area contributed by atoms with Gasteiger partial charge in [0, 0.05) is 13.4 Å². The summed E-state index contributed by atoms with van der Waals surface area (Å²) < 4.78 is 8.33. The molecule has 2 aromatic rings. The number of benzene rings is 1. The Labute approximate surface area is 142 Å². The Hall–Kier alpha value is -0.440. The SMILES string of the molecule is CCNC(C)c1nnc(Nc2c(Br)cc(Br)cc2Br)o1. The Morgan fingerprint density at radius 2 is 1.85 bits per heavy atom. The molecule has 0 amide bonds. The molecule has 1 aromatic carbocycles. The molecule has 1 atom stereocenters. The number of aromatic nitrogens is 2. The maximum absolute atomic E-state index is 5.59. The monoisotopic (exact) mass is 466 g/mol. The van der Waals surface area contributed by atoms with Gasteiger partial charge in [-0.25, -0.2) is 0 Å². The molecule has 0 saturated heterocycles. The second-order valence-electron chi connectivity index (χ2n) is 4.09. The van der Waals surface area contributed by atoms with Crippen LogP contribution in [0, 0.1) is 0 Å². The molecule has 8 heteroatoms. The zero-order chi connectivity index (χ0) is 14.7. The maximum Gasteiger partial charge on any atom is 0.320 e. The van der Waals surface area contributed by atoms with Crippen molar-refractivity contribution in [2.24, 2.45) is 0 Å². The standard InChI is InChI=1S/C12H13Br3N4O/c1-3-16-6(2)11-18-19-12(20-11)17-10-8(14)4-7(13)5-9(10)15/h4-6,16H,3H2,1-2H3,(H,17,19). The minimum Gasteiger partial charge on any atom is -0.406 e. The topological polar surface area (TPSA) is 63.0 Å². The van der Waals surface area contributed by atoms with Gasteiger partial charge in [0.1, 0.15) is 0 Å².